The van der Waals surface area contributed by atoms with Crippen molar-refractivity contribution in [2.24, 2.45) is 5.41 Å². The van der Waals surface area contributed by atoms with Gasteiger partial charge in [0, 0.05) is 22.7 Å². The zero-order chi connectivity index (χ0) is 13.2. The molecule has 0 spiro atoms. The van der Waals surface area contributed by atoms with Crippen LogP contribution in [0.1, 0.15) is 32.6 Å². The fraction of sp³-hybridized carbons (Fsp3) is 0.429. The van der Waals surface area contributed by atoms with E-state index in [0.717, 1.165) is 10.2 Å². The molecule has 96 valence electrons. The number of carbonyl (C=O) groups is 2. The Morgan fingerprint density at radius 1 is 1.28 bits per heavy atom. The molecule has 1 aliphatic rings. The summed E-state index contributed by atoms with van der Waals surface area (Å²) < 4.78 is 0.869. The molecule has 2 rings (SSSR count). The second-order valence-corrected chi connectivity index (χ2v) is 5.89. The van der Waals surface area contributed by atoms with E-state index in [2.05, 4.69) is 21.2 Å². The van der Waals surface area contributed by atoms with E-state index in [4.69, 9.17) is 0 Å². The lowest BCUT2D eigenvalue weighted by Crippen LogP contribution is -2.37. The van der Waals surface area contributed by atoms with Gasteiger partial charge in [-0.1, -0.05) is 19.1 Å². The van der Waals surface area contributed by atoms with Gasteiger partial charge in [0.05, 0.1) is 5.69 Å². The molecule has 0 atom stereocenters. The highest BCUT2D eigenvalue weighted by atomic mass is 79.9. The van der Waals surface area contributed by atoms with Crippen LogP contribution in [0, 0.1) is 5.41 Å². The van der Waals surface area contributed by atoms with Gasteiger partial charge in [-0.25, -0.2) is 0 Å². The average Bonchev–Trinajstić information content (AvgIpc) is 2.36. The summed E-state index contributed by atoms with van der Waals surface area (Å²) >= 11 is 3.41. The Kier molecular flexibility index (Phi) is 3.85. The summed E-state index contributed by atoms with van der Waals surface area (Å²) in [5, 5.41) is 2.94. The number of nitrogens with one attached hydrogen (secondary N) is 1. The molecule has 1 fully saturated rings. The van der Waals surface area contributed by atoms with E-state index in [1.807, 2.05) is 31.2 Å². The first kappa shape index (κ1) is 13.3. The number of benzene rings is 1. The quantitative estimate of drug-likeness (QED) is 0.908. The molecule has 0 radical (unpaired) electrons. The molecule has 0 bridgehead atoms. The van der Waals surface area contributed by atoms with Gasteiger partial charge in [-0.3, -0.25) is 9.59 Å². The normalized spacial score (nSPS) is 18.4. The van der Waals surface area contributed by atoms with Gasteiger partial charge in [0.15, 0.2) is 0 Å². The SMILES string of the molecule is CC1(C(=O)Nc2ccccc2Br)CCC(=O)CC1. The maximum atomic E-state index is 12.3. The molecule has 1 aliphatic carbocycles. The molecule has 1 amide bonds. The zero-order valence-electron chi connectivity index (χ0n) is 10.3. The van der Waals surface area contributed by atoms with Crippen molar-refractivity contribution >= 4 is 33.3 Å². The van der Waals surface area contributed by atoms with Crippen LogP contribution in [0.4, 0.5) is 5.69 Å². The number of hydrogen-bond donors (Lipinski definition) is 1. The smallest absolute Gasteiger partial charge is 0.230 e. The molecule has 0 saturated heterocycles. The predicted octanol–water partition coefficient (Wildman–Crippen LogP) is 3.54. The van der Waals surface area contributed by atoms with E-state index in [1.165, 1.54) is 0 Å². The monoisotopic (exact) mass is 309 g/mol. The zero-order valence-corrected chi connectivity index (χ0v) is 11.9. The van der Waals surface area contributed by atoms with Crippen molar-refractivity contribution in [2.45, 2.75) is 32.6 Å². The highest BCUT2D eigenvalue weighted by Crippen LogP contribution is 2.36. The number of halogens is 1. The summed E-state index contributed by atoms with van der Waals surface area (Å²) in [6.45, 7) is 1.94. The number of carbonyl (C=O) groups excluding carboxylic acids is 2. The Hall–Kier alpha value is -1.16. The topological polar surface area (TPSA) is 46.2 Å². The first-order valence-corrected chi connectivity index (χ1v) is 6.88. The van der Waals surface area contributed by atoms with E-state index in [1.54, 1.807) is 0 Å². The molecule has 1 saturated carbocycles. The van der Waals surface area contributed by atoms with Crippen LogP contribution in [0.2, 0.25) is 0 Å². The summed E-state index contributed by atoms with van der Waals surface area (Å²) in [5.74, 6) is 0.267. The van der Waals surface area contributed by atoms with Gasteiger partial charge in [-0.15, -0.1) is 0 Å². The molecule has 0 heterocycles. The Balaban J connectivity index is 2.08. The first-order chi connectivity index (χ1) is 8.51. The summed E-state index contributed by atoms with van der Waals surface area (Å²) in [7, 11) is 0. The van der Waals surface area contributed by atoms with Crippen LogP contribution in [0.5, 0.6) is 0 Å². The molecule has 3 nitrogen and oxygen atoms in total. The van der Waals surface area contributed by atoms with Crippen LogP contribution in [-0.2, 0) is 9.59 Å². The maximum absolute atomic E-state index is 12.3. The highest BCUT2D eigenvalue weighted by molar-refractivity contribution is 9.10. The van der Waals surface area contributed by atoms with Crippen molar-refractivity contribution in [3.8, 4) is 0 Å². The maximum Gasteiger partial charge on any atom is 0.230 e. The van der Waals surface area contributed by atoms with Gasteiger partial charge >= 0.3 is 0 Å². The lowest BCUT2D eigenvalue weighted by Gasteiger charge is -2.31. The number of ketones is 1. The number of Topliss-reactive ketones (excluding diaryl/α,β-unsaturated/α-hetero) is 1. The van der Waals surface area contributed by atoms with Gasteiger partial charge in [-0.05, 0) is 40.9 Å². The number of amides is 1. The lowest BCUT2D eigenvalue weighted by molar-refractivity contribution is -0.130. The summed E-state index contributed by atoms with van der Waals surface area (Å²) in [6.07, 6.45) is 2.31. The van der Waals surface area contributed by atoms with Gasteiger partial charge < -0.3 is 5.32 Å². The van der Waals surface area contributed by atoms with Crippen molar-refractivity contribution in [3.63, 3.8) is 0 Å². The second-order valence-electron chi connectivity index (χ2n) is 5.03. The third kappa shape index (κ3) is 2.80. The van der Waals surface area contributed by atoms with Gasteiger partial charge in [0.25, 0.3) is 0 Å². The van der Waals surface area contributed by atoms with E-state index in [0.29, 0.717) is 25.7 Å². The van der Waals surface area contributed by atoms with Crippen molar-refractivity contribution in [2.75, 3.05) is 5.32 Å². The number of para-hydroxylation sites is 1. The van der Waals surface area contributed by atoms with Gasteiger partial charge in [0.1, 0.15) is 5.78 Å². The predicted molar refractivity (Wildman–Crippen MR) is 74.4 cm³/mol. The molecule has 1 aromatic carbocycles. The first-order valence-electron chi connectivity index (χ1n) is 6.09. The fourth-order valence-electron chi connectivity index (χ4n) is 2.14. The fourth-order valence-corrected chi connectivity index (χ4v) is 2.53. The lowest BCUT2D eigenvalue weighted by atomic mass is 9.74. The Morgan fingerprint density at radius 2 is 1.89 bits per heavy atom. The van der Waals surface area contributed by atoms with Gasteiger partial charge in [-0.2, -0.15) is 0 Å². The van der Waals surface area contributed by atoms with Crippen molar-refractivity contribution in [1.29, 1.82) is 0 Å². The minimum absolute atomic E-state index is 0.00176. The van der Waals surface area contributed by atoms with Crippen LogP contribution < -0.4 is 5.32 Å². The molecule has 1 aromatic rings. The average molecular weight is 310 g/mol. The molecule has 4 heteroatoms. The summed E-state index contributed by atoms with van der Waals surface area (Å²) in [5.41, 5.74) is 0.351. The van der Waals surface area contributed by atoms with E-state index < -0.39 is 5.41 Å². The largest absolute Gasteiger partial charge is 0.325 e. The minimum atomic E-state index is -0.427. The van der Waals surface area contributed by atoms with Crippen LogP contribution in [0.15, 0.2) is 28.7 Å². The molecule has 18 heavy (non-hydrogen) atoms. The highest BCUT2D eigenvalue weighted by Gasteiger charge is 2.37. The molecular weight excluding hydrogens is 294 g/mol. The Bertz CT molecular complexity index is 474. The van der Waals surface area contributed by atoms with Crippen molar-refractivity contribution in [3.05, 3.63) is 28.7 Å². The summed E-state index contributed by atoms with van der Waals surface area (Å²) in [4.78, 5) is 23.6. The van der Waals surface area contributed by atoms with E-state index in [-0.39, 0.29) is 11.7 Å². The number of rotatable bonds is 2. The third-order valence-electron chi connectivity index (χ3n) is 3.58. The second kappa shape index (κ2) is 5.22. The number of hydrogen-bond acceptors (Lipinski definition) is 2. The molecule has 1 N–H and O–H groups in total. The number of anilines is 1. The van der Waals surface area contributed by atoms with Crippen LogP contribution >= 0.6 is 15.9 Å². The van der Waals surface area contributed by atoms with Crippen LogP contribution in [0.3, 0.4) is 0 Å². The van der Waals surface area contributed by atoms with Crippen LogP contribution in [0.25, 0.3) is 0 Å². The summed E-state index contributed by atoms with van der Waals surface area (Å²) in [6, 6.07) is 7.54. The molecular formula is C14H16BrNO2. The Labute approximate surface area is 115 Å². The van der Waals surface area contributed by atoms with E-state index >= 15 is 0 Å². The van der Waals surface area contributed by atoms with Crippen LogP contribution in [-0.4, -0.2) is 11.7 Å². The Morgan fingerprint density at radius 3 is 2.50 bits per heavy atom. The van der Waals surface area contributed by atoms with Crippen molar-refractivity contribution in [1.82, 2.24) is 0 Å². The van der Waals surface area contributed by atoms with E-state index in [9.17, 15) is 9.59 Å². The minimum Gasteiger partial charge on any atom is -0.325 e. The standard InChI is InChI=1S/C14H16BrNO2/c1-14(8-6-10(17)7-9-14)13(18)16-12-5-3-2-4-11(12)15/h2-5H,6-9H2,1H3,(H,16,18). The third-order valence-corrected chi connectivity index (χ3v) is 4.27. The molecule has 0 aromatic heterocycles. The van der Waals surface area contributed by atoms with Gasteiger partial charge in [0.2, 0.25) is 5.91 Å². The molecule has 0 unspecified atom stereocenters. The molecule has 0 aliphatic heterocycles. The van der Waals surface area contributed by atoms with Crippen molar-refractivity contribution < 1.29 is 9.59 Å².